The molecule has 0 aromatic heterocycles. The van der Waals surface area contributed by atoms with Crippen molar-refractivity contribution in [2.75, 3.05) is 26.9 Å². The monoisotopic (exact) mass is 222 g/mol. The van der Waals surface area contributed by atoms with Crippen LogP contribution in [0.1, 0.15) is 18.1 Å². The maximum absolute atomic E-state index is 5.55. The van der Waals surface area contributed by atoms with Crippen LogP contribution in [0.5, 0.6) is 5.75 Å². The van der Waals surface area contributed by atoms with E-state index in [1.807, 2.05) is 13.0 Å². The minimum absolute atomic E-state index is 0.241. The molecule has 0 bridgehead atoms. The van der Waals surface area contributed by atoms with Crippen LogP contribution in [-0.2, 0) is 15.1 Å². The van der Waals surface area contributed by atoms with Crippen LogP contribution in [0, 0.1) is 6.92 Å². The Hall–Kier alpha value is -1.06. The fraction of sp³-hybridized carbons (Fsp3) is 0.538. The van der Waals surface area contributed by atoms with Gasteiger partial charge in [-0.15, -0.1) is 0 Å². The molecule has 1 fully saturated rings. The molecule has 1 aliphatic heterocycles. The van der Waals surface area contributed by atoms with Crippen molar-refractivity contribution in [2.24, 2.45) is 0 Å². The van der Waals surface area contributed by atoms with E-state index >= 15 is 0 Å². The van der Waals surface area contributed by atoms with Gasteiger partial charge in [0.25, 0.3) is 0 Å². The molecule has 0 aliphatic carbocycles. The van der Waals surface area contributed by atoms with E-state index in [1.54, 1.807) is 7.11 Å². The fourth-order valence-electron chi connectivity index (χ4n) is 1.94. The summed E-state index contributed by atoms with van der Waals surface area (Å²) < 4.78 is 16.3. The maximum atomic E-state index is 5.55. The van der Waals surface area contributed by atoms with E-state index < -0.39 is 0 Å². The normalized spacial score (nSPS) is 17.9. The van der Waals surface area contributed by atoms with Gasteiger partial charge in [-0.1, -0.05) is 6.07 Å². The first-order valence-electron chi connectivity index (χ1n) is 5.58. The Morgan fingerprint density at radius 3 is 2.56 bits per heavy atom. The maximum Gasteiger partial charge on any atom is 0.139 e. The van der Waals surface area contributed by atoms with Gasteiger partial charge in [-0.25, -0.2) is 0 Å². The molecule has 1 heterocycles. The summed E-state index contributed by atoms with van der Waals surface area (Å²) in [7, 11) is 1.73. The van der Waals surface area contributed by atoms with Crippen molar-refractivity contribution in [3.05, 3.63) is 29.3 Å². The van der Waals surface area contributed by atoms with Gasteiger partial charge in [0.05, 0.1) is 19.8 Å². The number of aryl methyl sites for hydroxylation is 1. The summed E-state index contributed by atoms with van der Waals surface area (Å²) in [5.74, 6) is 0.942. The van der Waals surface area contributed by atoms with E-state index in [4.69, 9.17) is 14.2 Å². The van der Waals surface area contributed by atoms with Crippen molar-refractivity contribution in [2.45, 2.75) is 19.4 Å². The van der Waals surface area contributed by atoms with Gasteiger partial charge < -0.3 is 14.2 Å². The minimum Gasteiger partial charge on any atom is -0.494 e. The number of hydrogen-bond donors (Lipinski definition) is 0. The van der Waals surface area contributed by atoms with Crippen LogP contribution in [0.15, 0.2) is 18.2 Å². The minimum atomic E-state index is -0.241. The van der Waals surface area contributed by atoms with Gasteiger partial charge in [0.1, 0.15) is 11.4 Å². The van der Waals surface area contributed by atoms with Gasteiger partial charge in [0, 0.05) is 7.11 Å². The predicted molar refractivity (Wildman–Crippen MR) is 61.9 cm³/mol. The molecule has 1 aliphatic rings. The van der Waals surface area contributed by atoms with Gasteiger partial charge in [0.15, 0.2) is 0 Å². The zero-order chi connectivity index (χ0) is 11.6. The third-order valence-electron chi connectivity index (χ3n) is 3.06. The summed E-state index contributed by atoms with van der Waals surface area (Å²) in [6, 6.07) is 6.19. The predicted octanol–water partition coefficient (Wildman–Crippen LogP) is 2.27. The fourth-order valence-corrected chi connectivity index (χ4v) is 1.94. The average Bonchev–Trinajstić information content (AvgIpc) is 2.21. The van der Waals surface area contributed by atoms with Crippen LogP contribution in [-0.4, -0.2) is 26.9 Å². The molecule has 0 amide bonds. The Morgan fingerprint density at radius 1 is 1.38 bits per heavy atom. The van der Waals surface area contributed by atoms with E-state index in [1.165, 1.54) is 5.56 Å². The van der Waals surface area contributed by atoms with Crippen molar-refractivity contribution in [1.82, 2.24) is 0 Å². The van der Waals surface area contributed by atoms with Crippen molar-refractivity contribution in [1.29, 1.82) is 0 Å². The number of methoxy groups -OCH3 is 1. The summed E-state index contributed by atoms with van der Waals surface area (Å²) in [5, 5.41) is 0. The molecule has 0 saturated carbocycles. The highest BCUT2D eigenvalue weighted by molar-refractivity contribution is 5.39. The van der Waals surface area contributed by atoms with Gasteiger partial charge in [-0.05, 0) is 37.1 Å². The standard InChI is InChI=1S/C13H18O3/c1-4-16-12-6-5-11(7-10(12)2)13(14-3)8-15-9-13/h5-7H,4,8-9H2,1-3H3. The van der Waals surface area contributed by atoms with Crippen molar-refractivity contribution in [3.63, 3.8) is 0 Å². The topological polar surface area (TPSA) is 27.7 Å². The molecule has 88 valence electrons. The summed E-state index contributed by atoms with van der Waals surface area (Å²) >= 11 is 0. The number of rotatable bonds is 4. The van der Waals surface area contributed by atoms with E-state index in [0.717, 1.165) is 11.3 Å². The van der Waals surface area contributed by atoms with Crippen LogP contribution < -0.4 is 4.74 Å². The lowest BCUT2D eigenvalue weighted by atomic mass is 9.90. The Labute approximate surface area is 96.3 Å². The summed E-state index contributed by atoms with van der Waals surface area (Å²) in [6.45, 7) is 6.01. The van der Waals surface area contributed by atoms with Crippen molar-refractivity contribution >= 4 is 0 Å². The molecule has 2 rings (SSSR count). The highest BCUT2D eigenvalue weighted by atomic mass is 16.6. The molecule has 0 radical (unpaired) electrons. The molecule has 1 saturated heterocycles. The molecule has 16 heavy (non-hydrogen) atoms. The molecular weight excluding hydrogens is 204 g/mol. The number of ether oxygens (including phenoxy) is 3. The first-order chi connectivity index (χ1) is 7.72. The molecule has 1 aromatic carbocycles. The smallest absolute Gasteiger partial charge is 0.139 e. The lowest BCUT2D eigenvalue weighted by Crippen LogP contribution is -2.48. The first-order valence-corrected chi connectivity index (χ1v) is 5.58. The van der Waals surface area contributed by atoms with Gasteiger partial charge in [-0.3, -0.25) is 0 Å². The second-order valence-electron chi connectivity index (χ2n) is 4.10. The van der Waals surface area contributed by atoms with Crippen LogP contribution in [0.4, 0.5) is 0 Å². The first kappa shape index (κ1) is 11.4. The number of hydrogen-bond acceptors (Lipinski definition) is 3. The van der Waals surface area contributed by atoms with Gasteiger partial charge >= 0.3 is 0 Å². The Bertz CT molecular complexity index is 364. The summed E-state index contributed by atoms with van der Waals surface area (Å²) in [5.41, 5.74) is 2.07. The highest BCUT2D eigenvalue weighted by Crippen LogP contribution is 2.35. The third-order valence-corrected chi connectivity index (χ3v) is 3.06. The van der Waals surface area contributed by atoms with Crippen LogP contribution in [0.2, 0.25) is 0 Å². The second kappa shape index (κ2) is 4.44. The number of benzene rings is 1. The third kappa shape index (κ3) is 1.81. The van der Waals surface area contributed by atoms with Crippen LogP contribution in [0.3, 0.4) is 0 Å². The SMILES string of the molecule is CCOc1ccc(C2(OC)COC2)cc1C. The molecule has 1 aromatic rings. The molecule has 0 spiro atoms. The summed E-state index contributed by atoms with van der Waals surface area (Å²) in [6.07, 6.45) is 0. The molecule has 3 heteroatoms. The van der Waals surface area contributed by atoms with E-state index in [-0.39, 0.29) is 5.60 Å². The zero-order valence-corrected chi connectivity index (χ0v) is 10.1. The Balaban J connectivity index is 2.26. The van der Waals surface area contributed by atoms with Gasteiger partial charge in [0.2, 0.25) is 0 Å². The van der Waals surface area contributed by atoms with Crippen LogP contribution in [0.25, 0.3) is 0 Å². The molecule has 0 unspecified atom stereocenters. The second-order valence-corrected chi connectivity index (χ2v) is 4.10. The average molecular weight is 222 g/mol. The highest BCUT2D eigenvalue weighted by Gasteiger charge is 2.40. The molecular formula is C13H18O3. The Kier molecular flexibility index (Phi) is 3.17. The molecule has 0 atom stereocenters. The van der Waals surface area contributed by atoms with Crippen molar-refractivity contribution < 1.29 is 14.2 Å². The Morgan fingerprint density at radius 2 is 2.12 bits per heavy atom. The van der Waals surface area contributed by atoms with Crippen LogP contribution >= 0.6 is 0 Å². The molecule has 0 N–H and O–H groups in total. The largest absolute Gasteiger partial charge is 0.494 e. The lowest BCUT2D eigenvalue weighted by molar-refractivity contribution is -0.202. The van der Waals surface area contributed by atoms with Crippen molar-refractivity contribution in [3.8, 4) is 5.75 Å². The summed E-state index contributed by atoms with van der Waals surface area (Å²) in [4.78, 5) is 0. The van der Waals surface area contributed by atoms with E-state index in [9.17, 15) is 0 Å². The zero-order valence-electron chi connectivity index (χ0n) is 10.1. The quantitative estimate of drug-likeness (QED) is 0.782. The molecule has 3 nitrogen and oxygen atoms in total. The van der Waals surface area contributed by atoms with E-state index in [0.29, 0.717) is 19.8 Å². The van der Waals surface area contributed by atoms with Gasteiger partial charge in [-0.2, -0.15) is 0 Å². The lowest BCUT2D eigenvalue weighted by Gasteiger charge is -2.40. The van der Waals surface area contributed by atoms with E-state index in [2.05, 4.69) is 19.1 Å².